The molecular formula is C22H34N2O3S. The lowest BCUT2D eigenvalue weighted by atomic mass is 10.0. The fourth-order valence-electron chi connectivity index (χ4n) is 3.15. The first-order chi connectivity index (χ1) is 13.3. The van der Waals surface area contributed by atoms with Gasteiger partial charge in [0.05, 0.1) is 0 Å². The van der Waals surface area contributed by atoms with Crippen LogP contribution in [0.1, 0.15) is 52.5 Å². The topological polar surface area (TPSA) is 67.4 Å². The number of rotatable bonds is 9. The maximum absolute atomic E-state index is 12.7. The highest BCUT2D eigenvalue weighted by Gasteiger charge is 2.24. The maximum Gasteiger partial charge on any atom is 0.247 e. The van der Waals surface area contributed by atoms with E-state index in [0.717, 1.165) is 37.5 Å². The van der Waals surface area contributed by atoms with Gasteiger partial charge in [-0.15, -0.1) is 0 Å². The summed E-state index contributed by atoms with van der Waals surface area (Å²) in [6.07, 6.45) is 2.63. The predicted molar refractivity (Wildman–Crippen MR) is 116 cm³/mol. The molecule has 0 saturated carbocycles. The molecule has 0 radical (unpaired) electrons. The number of nitrogens with one attached hydrogen (secondary N) is 2. The van der Waals surface area contributed by atoms with Crippen molar-refractivity contribution < 1.29 is 14.3 Å². The molecule has 1 fully saturated rings. The summed E-state index contributed by atoms with van der Waals surface area (Å²) in [5.74, 6) is 0.962. The molecule has 1 aliphatic rings. The molecule has 0 spiro atoms. The molecule has 1 aliphatic heterocycles. The van der Waals surface area contributed by atoms with Gasteiger partial charge in [-0.1, -0.05) is 39.8 Å². The van der Waals surface area contributed by atoms with Crippen molar-refractivity contribution in [3.05, 3.63) is 29.8 Å². The van der Waals surface area contributed by atoms with Crippen LogP contribution in [0.5, 0.6) is 0 Å². The summed E-state index contributed by atoms with van der Waals surface area (Å²) in [4.78, 5) is 24.9. The van der Waals surface area contributed by atoms with Gasteiger partial charge < -0.3 is 15.4 Å². The molecule has 0 aromatic heterocycles. The minimum atomic E-state index is -0.536. The Morgan fingerprint density at radius 2 is 1.89 bits per heavy atom. The van der Waals surface area contributed by atoms with E-state index >= 15 is 0 Å². The van der Waals surface area contributed by atoms with Gasteiger partial charge in [-0.3, -0.25) is 9.59 Å². The van der Waals surface area contributed by atoms with Crippen molar-refractivity contribution >= 4 is 29.3 Å². The molecule has 0 aliphatic carbocycles. The Labute approximate surface area is 173 Å². The molecule has 6 heteroatoms. The molecule has 1 aromatic rings. The van der Waals surface area contributed by atoms with Crippen LogP contribution in [-0.2, 0) is 20.1 Å². The van der Waals surface area contributed by atoms with Gasteiger partial charge in [0, 0.05) is 36.3 Å². The Bertz CT molecular complexity index is 642. The normalized spacial score (nSPS) is 16.2. The number of ether oxygens (including phenoxy) is 1. The zero-order valence-corrected chi connectivity index (χ0v) is 18.3. The summed E-state index contributed by atoms with van der Waals surface area (Å²) in [6.45, 7) is 9.59. The van der Waals surface area contributed by atoms with Gasteiger partial charge in [0.25, 0.3) is 0 Å². The van der Waals surface area contributed by atoms with Crippen LogP contribution in [0.4, 0.5) is 5.69 Å². The van der Waals surface area contributed by atoms with E-state index in [9.17, 15) is 9.59 Å². The first-order valence-corrected chi connectivity index (χ1v) is 11.3. The SMILES string of the molecule is CC(C)CC(=O)NC(C(=O)Nc1cccc(CSC2CCOCC2)c1)C(C)C. The molecule has 1 saturated heterocycles. The molecule has 1 aromatic carbocycles. The van der Waals surface area contributed by atoms with Crippen molar-refractivity contribution in [2.75, 3.05) is 18.5 Å². The lowest BCUT2D eigenvalue weighted by Gasteiger charge is -2.23. The molecule has 2 N–H and O–H groups in total. The summed E-state index contributed by atoms with van der Waals surface area (Å²) in [7, 11) is 0. The minimum absolute atomic E-state index is 0.0170. The van der Waals surface area contributed by atoms with Crippen LogP contribution >= 0.6 is 11.8 Å². The van der Waals surface area contributed by atoms with Crippen LogP contribution in [0.3, 0.4) is 0 Å². The average Bonchev–Trinajstić information content (AvgIpc) is 2.64. The molecule has 5 nitrogen and oxygen atoms in total. The third kappa shape index (κ3) is 7.84. The number of anilines is 1. The summed E-state index contributed by atoms with van der Waals surface area (Å²) in [6, 6.07) is 7.45. The van der Waals surface area contributed by atoms with Crippen LogP contribution in [0.15, 0.2) is 24.3 Å². The average molecular weight is 407 g/mol. The zero-order chi connectivity index (χ0) is 20.5. The fourth-order valence-corrected chi connectivity index (χ4v) is 4.29. The van der Waals surface area contributed by atoms with Crippen molar-refractivity contribution in [2.24, 2.45) is 11.8 Å². The first-order valence-electron chi connectivity index (χ1n) is 10.2. The van der Waals surface area contributed by atoms with Gasteiger partial charge in [-0.05, 0) is 42.4 Å². The highest BCUT2D eigenvalue weighted by atomic mass is 32.2. The van der Waals surface area contributed by atoms with Gasteiger partial charge in [0.2, 0.25) is 11.8 Å². The van der Waals surface area contributed by atoms with Crippen molar-refractivity contribution in [2.45, 2.75) is 64.0 Å². The van der Waals surface area contributed by atoms with E-state index < -0.39 is 6.04 Å². The van der Waals surface area contributed by atoms with Gasteiger partial charge >= 0.3 is 0 Å². The Morgan fingerprint density at radius 3 is 2.54 bits per heavy atom. The number of carbonyl (C=O) groups is 2. The van der Waals surface area contributed by atoms with Crippen molar-refractivity contribution in [3.8, 4) is 0 Å². The van der Waals surface area contributed by atoms with Gasteiger partial charge in [-0.2, -0.15) is 11.8 Å². The largest absolute Gasteiger partial charge is 0.381 e. The Morgan fingerprint density at radius 1 is 1.18 bits per heavy atom. The van der Waals surface area contributed by atoms with Gasteiger partial charge in [0.15, 0.2) is 0 Å². The second-order valence-electron chi connectivity index (χ2n) is 8.20. The van der Waals surface area contributed by atoms with Crippen LogP contribution < -0.4 is 10.6 Å². The summed E-state index contributed by atoms with van der Waals surface area (Å²) >= 11 is 1.95. The van der Waals surface area contributed by atoms with E-state index in [1.807, 2.05) is 57.7 Å². The monoisotopic (exact) mass is 406 g/mol. The van der Waals surface area contributed by atoms with Crippen molar-refractivity contribution in [1.29, 1.82) is 0 Å². The summed E-state index contributed by atoms with van der Waals surface area (Å²) < 4.78 is 5.41. The number of thioether (sulfide) groups is 1. The summed E-state index contributed by atoms with van der Waals surface area (Å²) in [5, 5.41) is 6.51. The number of hydrogen-bond acceptors (Lipinski definition) is 4. The number of hydrogen-bond donors (Lipinski definition) is 2. The third-order valence-electron chi connectivity index (χ3n) is 4.71. The first kappa shape index (κ1) is 22.8. The smallest absolute Gasteiger partial charge is 0.247 e. The van der Waals surface area contributed by atoms with E-state index in [0.29, 0.717) is 11.7 Å². The highest BCUT2D eigenvalue weighted by Crippen LogP contribution is 2.26. The molecule has 1 unspecified atom stereocenters. The molecule has 156 valence electrons. The Kier molecular flexibility index (Phi) is 9.32. The van der Waals surface area contributed by atoms with Crippen LogP contribution in [0.25, 0.3) is 0 Å². The van der Waals surface area contributed by atoms with Crippen molar-refractivity contribution in [3.63, 3.8) is 0 Å². The van der Waals surface area contributed by atoms with E-state index in [1.54, 1.807) is 0 Å². The van der Waals surface area contributed by atoms with E-state index in [1.165, 1.54) is 5.56 Å². The number of benzene rings is 1. The minimum Gasteiger partial charge on any atom is -0.381 e. The zero-order valence-electron chi connectivity index (χ0n) is 17.5. The third-order valence-corrected chi connectivity index (χ3v) is 6.15. The van der Waals surface area contributed by atoms with Crippen LogP contribution in [-0.4, -0.2) is 36.3 Å². The predicted octanol–water partition coefficient (Wildman–Crippen LogP) is 4.22. The summed E-state index contributed by atoms with van der Waals surface area (Å²) in [5.41, 5.74) is 1.97. The van der Waals surface area contributed by atoms with E-state index in [4.69, 9.17) is 4.74 Å². The molecule has 1 atom stereocenters. The Hall–Kier alpha value is -1.53. The lowest BCUT2D eigenvalue weighted by Crippen LogP contribution is -2.47. The molecule has 2 amide bonds. The lowest BCUT2D eigenvalue weighted by molar-refractivity contribution is -0.127. The van der Waals surface area contributed by atoms with Crippen LogP contribution in [0, 0.1) is 11.8 Å². The molecule has 1 heterocycles. The molecule has 2 rings (SSSR count). The number of carbonyl (C=O) groups excluding carboxylic acids is 2. The van der Waals surface area contributed by atoms with Gasteiger partial charge in [0.1, 0.15) is 6.04 Å². The molecular weight excluding hydrogens is 372 g/mol. The second kappa shape index (κ2) is 11.5. The standard InChI is InChI=1S/C22H34N2O3S/c1-15(2)12-20(25)24-21(16(3)4)22(26)23-18-7-5-6-17(13-18)14-28-19-8-10-27-11-9-19/h5-7,13,15-16,19,21H,8-12,14H2,1-4H3,(H,23,26)(H,24,25). The maximum atomic E-state index is 12.7. The fraction of sp³-hybridized carbons (Fsp3) is 0.636. The Balaban J connectivity index is 1.92. The van der Waals surface area contributed by atoms with E-state index in [2.05, 4.69) is 16.7 Å². The number of amides is 2. The quantitative estimate of drug-likeness (QED) is 0.644. The van der Waals surface area contributed by atoms with Crippen molar-refractivity contribution in [1.82, 2.24) is 5.32 Å². The highest BCUT2D eigenvalue weighted by molar-refractivity contribution is 7.99. The second-order valence-corrected chi connectivity index (χ2v) is 9.49. The molecule has 0 bridgehead atoms. The van der Waals surface area contributed by atoms with Crippen LogP contribution in [0.2, 0.25) is 0 Å². The van der Waals surface area contributed by atoms with Gasteiger partial charge in [-0.25, -0.2) is 0 Å². The molecule has 28 heavy (non-hydrogen) atoms. The van der Waals surface area contributed by atoms with E-state index in [-0.39, 0.29) is 23.7 Å².